The van der Waals surface area contributed by atoms with Crippen molar-refractivity contribution in [1.29, 1.82) is 0 Å². The molecule has 0 radical (unpaired) electrons. The molecule has 0 saturated carbocycles. The number of rotatable bonds is 3. The lowest BCUT2D eigenvalue weighted by Gasteiger charge is -2.11. The lowest BCUT2D eigenvalue weighted by molar-refractivity contribution is -0.384. The summed E-state index contributed by atoms with van der Waals surface area (Å²) in [6.45, 7) is 3.91. The van der Waals surface area contributed by atoms with Crippen molar-refractivity contribution in [2.75, 3.05) is 5.32 Å². The van der Waals surface area contributed by atoms with Gasteiger partial charge in [-0.05, 0) is 37.1 Å². The highest BCUT2D eigenvalue weighted by molar-refractivity contribution is 6.29. The smallest absolute Gasteiger partial charge is 0.311 e. The third-order valence-corrected chi connectivity index (χ3v) is 3.10. The summed E-state index contributed by atoms with van der Waals surface area (Å²) in [5, 5.41) is 14.1. The van der Waals surface area contributed by atoms with Crippen molar-refractivity contribution >= 4 is 28.8 Å². The number of anilines is 2. The summed E-state index contributed by atoms with van der Waals surface area (Å²) in [4.78, 5) is 14.4. The molecule has 0 spiro atoms. The van der Waals surface area contributed by atoms with Gasteiger partial charge in [0, 0.05) is 11.8 Å². The summed E-state index contributed by atoms with van der Waals surface area (Å²) < 4.78 is 0. The molecular formula is C13H12ClN3O2. The van der Waals surface area contributed by atoms with E-state index in [1.54, 1.807) is 0 Å². The zero-order valence-corrected chi connectivity index (χ0v) is 11.2. The lowest BCUT2D eigenvalue weighted by atomic mass is 10.1. The highest BCUT2D eigenvalue weighted by atomic mass is 35.5. The monoisotopic (exact) mass is 277 g/mol. The molecule has 0 aliphatic carbocycles. The Morgan fingerprint density at radius 1 is 1.26 bits per heavy atom. The van der Waals surface area contributed by atoms with Crippen LogP contribution in [0, 0.1) is 24.0 Å². The van der Waals surface area contributed by atoms with Crippen LogP contribution < -0.4 is 5.32 Å². The Hall–Kier alpha value is -2.14. The van der Waals surface area contributed by atoms with Crippen molar-refractivity contribution in [3.8, 4) is 0 Å². The minimum atomic E-state index is -0.489. The lowest BCUT2D eigenvalue weighted by Crippen LogP contribution is -2.01. The summed E-state index contributed by atoms with van der Waals surface area (Å²) in [6, 6.07) is 8.42. The first-order valence-corrected chi connectivity index (χ1v) is 6.01. The standard InChI is InChI=1S/C13H12ClN3O2/c1-8-4-3-5-10(9(8)2)15-13-11(17(18)19)6-7-12(14)16-13/h3-7H,1-2H3,(H,15,16). The number of nitrogens with one attached hydrogen (secondary N) is 1. The van der Waals surface area contributed by atoms with Crippen molar-refractivity contribution in [3.63, 3.8) is 0 Å². The summed E-state index contributed by atoms with van der Waals surface area (Å²) in [5.74, 6) is 0.145. The number of nitro groups is 1. The van der Waals surface area contributed by atoms with E-state index >= 15 is 0 Å². The Balaban J connectivity index is 2.45. The Bertz CT molecular complexity index is 644. The molecule has 0 unspecified atom stereocenters. The fourth-order valence-corrected chi connectivity index (χ4v) is 1.83. The van der Waals surface area contributed by atoms with Crippen LogP contribution in [0.5, 0.6) is 0 Å². The van der Waals surface area contributed by atoms with Crippen molar-refractivity contribution in [1.82, 2.24) is 4.98 Å². The molecule has 0 bridgehead atoms. The minimum absolute atomic E-state index is 0.106. The highest BCUT2D eigenvalue weighted by Crippen LogP contribution is 2.29. The third kappa shape index (κ3) is 2.82. The second kappa shape index (κ2) is 5.24. The van der Waals surface area contributed by atoms with Crippen LogP contribution in [0.25, 0.3) is 0 Å². The van der Waals surface area contributed by atoms with Crippen LogP contribution >= 0.6 is 11.6 Å². The number of benzene rings is 1. The molecule has 5 nitrogen and oxygen atoms in total. The Morgan fingerprint density at radius 3 is 2.68 bits per heavy atom. The molecule has 0 fully saturated rings. The molecule has 98 valence electrons. The largest absolute Gasteiger partial charge is 0.334 e. The van der Waals surface area contributed by atoms with E-state index in [0.717, 1.165) is 16.8 Å². The summed E-state index contributed by atoms with van der Waals surface area (Å²) >= 11 is 5.79. The van der Waals surface area contributed by atoms with Crippen LogP contribution in [0.3, 0.4) is 0 Å². The van der Waals surface area contributed by atoms with Gasteiger partial charge in [0.05, 0.1) is 4.92 Å². The van der Waals surface area contributed by atoms with Crippen molar-refractivity contribution in [2.45, 2.75) is 13.8 Å². The van der Waals surface area contributed by atoms with Gasteiger partial charge in [-0.25, -0.2) is 4.98 Å². The second-order valence-corrected chi connectivity index (χ2v) is 4.52. The van der Waals surface area contributed by atoms with Crippen LogP contribution in [0.1, 0.15) is 11.1 Å². The molecule has 0 atom stereocenters. The minimum Gasteiger partial charge on any atom is -0.334 e. The number of pyridine rings is 1. The fourth-order valence-electron chi connectivity index (χ4n) is 1.68. The van der Waals surface area contributed by atoms with E-state index in [-0.39, 0.29) is 16.7 Å². The van der Waals surface area contributed by atoms with Crippen molar-refractivity contribution < 1.29 is 4.92 Å². The molecule has 0 amide bonds. The maximum absolute atomic E-state index is 11.0. The Kier molecular flexibility index (Phi) is 3.66. The van der Waals surface area contributed by atoms with E-state index in [2.05, 4.69) is 10.3 Å². The second-order valence-electron chi connectivity index (χ2n) is 4.13. The molecule has 1 aromatic carbocycles. The maximum Gasteiger partial charge on any atom is 0.311 e. The van der Waals surface area contributed by atoms with E-state index in [1.165, 1.54) is 12.1 Å². The van der Waals surface area contributed by atoms with Gasteiger partial charge < -0.3 is 5.32 Å². The number of aryl methyl sites for hydroxylation is 1. The van der Waals surface area contributed by atoms with Crippen LogP contribution in [-0.4, -0.2) is 9.91 Å². The predicted molar refractivity (Wildman–Crippen MR) is 75.1 cm³/mol. The predicted octanol–water partition coefficient (Wildman–Crippen LogP) is 4.00. The Labute approximate surface area is 115 Å². The van der Waals surface area contributed by atoms with Gasteiger partial charge >= 0.3 is 5.69 Å². The summed E-state index contributed by atoms with van der Waals surface area (Å²) in [7, 11) is 0. The quantitative estimate of drug-likeness (QED) is 0.523. The SMILES string of the molecule is Cc1cccc(Nc2nc(Cl)ccc2[N+](=O)[O-])c1C. The number of halogens is 1. The zero-order valence-electron chi connectivity index (χ0n) is 10.5. The number of hydrogen-bond acceptors (Lipinski definition) is 4. The maximum atomic E-state index is 11.0. The highest BCUT2D eigenvalue weighted by Gasteiger charge is 2.16. The molecule has 19 heavy (non-hydrogen) atoms. The van der Waals surface area contributed by atoms with Gasteiger partial charge in [0.2, 0.25) is 5.82 Å². The van der Waals surface area contributed by atoms with Gasteiger partial charge in [0.1, 0.15) is 5.15 Å². The molecule has 2 aromatic rings. The van der Waals surface area contributed by atoms with Crippen LogP contribution in [0.4, 0.5) is 17.2 Å². The molecule has 1 N–H and O–H groups in total. The Morgan fingerprint density at radius 2 is 2.00 bits per heavy atom. The topological polar surface area (TPSA) is 68.1 Å². The van der Waals surface area contributed by atoms with Gasteiger partial charge in [-0.1, -0.05) is 23.7 Å². The van der Waals surface area contributed by atoms with Crippen LogP contribution in [-0.2, 0) is 0 Å². The van der Waals surface area contributed by atoms with E-state index in [1.807, 2.05) is 32.0 Å². The van der Waals surface area contributed by atoms with Crippen molar-refractivity contribution in [2.24, 2.45) is 0 Å². The third-order valence-electron chi connectivity index (χ3n) is 2.89. The van der Waals surface area contributed by atoms with Crippen molar-refractivity contribution in [3.05, 3.63) is 56.7 Å². The summed E-state index contributed by atoms with van der Waals surface area (Å²) in [6.07, 6.45) is 0. The first kappa shape index (κ1) is 13.3. The molecule has 1 heterocycles. The molecule has 0 saturated heterocycles. The van der Waals surface area contributed by atoms with Crippen LogP contribution in [0.15, 0.2) is 30.3 Å². The molecule has 1 aromatic heterocycles. The molecule has 6 heteroatoms. The number of aromatic nitrogens is 1. The molecule has 2 rings (SSSR count). The van der Waals surface area contributed by atoms with E-state index in [4.69, 9.17) is 11.6 Å². The molecule has 0 aliphatic heterocycles. The number of hydrogen-bond donors (Lipinski definition) is 1. The zero-order chi connectivity index (χ0) is 14.0. The van der Waals surface area contributed by atoms with Crippen LogP contribution in [0.2, 0.25) is 5.15 Å². The van der Waals surface area contributed by atoms with E-state index < -0.39 is 4.92 Å². The van der Waals surface area contributed by atoms with Gasteiger partial charge in [-0.15, -0.1) is 0 Å². The first-order chi connectivity index (χ1) is 8.99. The number of nitrogens with zero attached hydrogens (tertiary/aromatic N) is 2. The van der Waals surface area contributed by atoms with Gasteiger partial charge in [0.15, 0.2) is 0 Å². The normalized spacial score (nSPS) is 10.3. The first-order valence-electron chi connectivity index (χ1n) is 5.63. The fraction of sp³-hybridized carbons (Fsp3) is 0.154. The average Bonchev–Trinajstić information content (AvgIpc) is 2.35. The van der Waals surface area contributed by atoms with Gasteiger partial charge in [-0.3, -0.25) is 10.1 Å². The molecular weight excluding hydrogens is 266 g/mol. The van der Waals surface area contributed by atoms with Gasteiger partial charge in [-0.2, -0.15) is 0 Å². The average molecular weight is 278 g/mol. The molecule has 0 aliphatic rings. The van der Waals surface area contributed by atoms with E-state index in [0.29, 0.717) is 0 Å². The summed E-state index contributed by atoms with van der Waals surface area (Å²) in [5.41, 5.74) is 2.77. The van der Waals surface area contributed by atoms with Gasteiger partial charge in [0.25, 0.3) is 0 Å². The van der Waals surface area contributed by atoms with E-state index in [9.17, 15) is 10.1 Å².